The number of esters is 1. The second-order valence-corrected chi connectivity index (χ2v) is 6.35. The van der Waals surface area contributed by atoms with Crippen LogP contribution < -0.4 is 5.32 Å². The number of aromatic nitrogens is 1. The minimum absolute atomic E-state index is 0.314. The number of nitrogens with one attached hydrogen (secondary N) is 1. The van der Waals surface area contributed by atoms with Crippen molar-refractivity contribution in [2.24, 2.45) is 0 Å². The lowest BCUT2D eigenvalue weighted by molar-refractivity contribution is -0.128. The van der Waals surface area contributed by atoms with Gasteiger partial charge in [0.25, 0.3) is 5.91 Å². The first-order valence-electron chi connectivity index (χ1n) is 7.38. The van der Waals surface area contributed by atoms with Gasteiger partial charge in [-0.15, -0.1) is 0 Å². The zero-order valence-electron chi connectivity index (χ0n) is 13.3. The van der Waals surface area contributed by atoms with E-state index in [9.17, 15) is 9.59 Å². The van der Waals surface area contributed by atoms with Gasteiger partial charge in [0.2, 0.25) is 0 Å². The number of ether oxygens (including phenoxy) is 1. The molecular formula is C17H17ClN2O3S. The van der Waals surface area contributed by atoms with Gasteiger partial charge in [0.05, 0.1) is 5.56 Å². The first kappa shape index (κ1) is 18.3. The molecule has 0 unspecified atom stereocenters. The van der Waals surface area contributed by atoms with Crippen LogP contribution in [0, 0.1) is 0 Å². The van der Waals surface area contributed by atoms with Crippen LogP contribution in [0.2, 0.25) is 5.02 Å². The number of halogens is 1. The predicted molar refractivity (Wildman–Crippen MR) is 93.4 cm³/mol. The molecule has 5 nitrogen and oxygen atoms in total. The van der Waals surface area contributed by atoms with E-state index in [4.69, 9.17) is 16.3 Å². The van der Waals surface area contributed by atoms with Crippen molar-refractivity contribution in [2.75, 3.05) is 6.54 Å². The molecule has 0 fully saturated rings. The van der Waals surface area contributed by atoms with Crippen molar-refractivity contribution < 1.29 is 14.3 Å². The quantitative estimate of drug-likeness (QED) is 0.793. The molecule has 1 N–H and O–H groups in total. The average Bonchev–Trinajstić information content (AvgIpc) is 2.57. The fourth-order valence-electron chi connectivity index (χ4n) is 1.84. The number of hydrogen-bond donors (Lipinski definition) is 1. The summed E-state index contributed by atoms with van der Waals surface area (Å²) < 4.78 is 5.22. The number of nitrogens with zero attached hydrogens (tertiary/aromatic N) is 1. The lowest BCUT2D eigenvalue weighted by Gasteiger charge is -2.14. The van der Waals surface area contributed by atoms with Crippen molar-refractivity contribution in [1.29, 1.82) is 0 Å². The SMILES string of the molecule is CCNC(=O)[C@H](C)OC(=O)c1cccnc1Sc1ccc(Cl)cc1. The number of amides is 1. The molecule has 0 aliphatic carbocycles. The highest BCUT2D eigenvalue weighted by Crippen LogP contribution is 2.29. The molecule has 0 saturated carbocycles. The third kappa shape index (κ3) is 4.97. The number of likely N-dealkylation sites (N-methyl/N-ethyl adjacent to an activating group) is 1. The molecule has 1 heterocycles. The molecule has 0 saturated heterocycles. The molecular weight excluding hydrogens is 348 g/mol. The third-order valence-electron chi connectivity index (χ3n) is 3.02. The van der Waals surface area contributed by atoms with Gasteiger partial charge in [-0.25, -0.2) is 9.78 Å². The van der Waals surface area contributed by atoms with Gasteiger partial charge in [0.1, 0.15) is 5.03 Å². The van der Waals surface area contributed by atoms with Crippen molar-refractivity contribution in [3.05, 3.63) is 53.2 Å². The van der Waals surface area contributed by atoms with Gasteiger partial charge in [-0.3, -0.25) is 4.79 Å². The number of carbonyl (C=O) groups is 2. The van der Waals surface area contributed by atoms with Gasteiger partial charge in [-0.2, -0.15) is 0 Å². The number of hydrogen-bond acceptors (Lipinski definition) is 5. The zero-order chi connectivity index (χ0) is 17.5. The molecule has 24 heavy (non-hydrogen) atoms. The standard InChI is InChI=1S/C17H17ClN2O3S/c1-3-19-15(21)11(2)23-17(22)14-5-4-10-20-16(14)24-13-8-6-12(18)7-9-13/h4-11H,3H2,1-2H3,(H,19,21)/t11-/m0/s1. The summed E-state index contributed by atoms with van der Waals surface area (Å²) in [7, 11) is 0. The van der Waals surface area contributed by atoms with Gasteiger partial charge in [0, 0.05) is 22.7 Å². The van der Waals surface area contributed by atoms with Crippen LogP contribution in [0.25, 0.3) is 0 Å². The molecule has 0 aliphatic heterocycles. The molecule has 0 spiro atoms. The molecule has 2 rings (SSSR count). The van der Waals surface area contributed by atoms with Gasteiger partial charge in [-0.1, -0.05) is 23.4 Å². The van der Waals surface area contributed by atoms with Gasteiger partial charge < -0.3 is 10.1 Å². The largest absolute Gasteiger partial charge is 0.449 e. The fourth-order valence-corrected chi connectivity index (χ4v) is 2.83. The minimum atomic E-state index is -0.869. The summed E-state index contributed by atoms with van der Waals surface area (Å²) in [6, 6.07) is 10.5. The van der Waals surface area contributed by atoms with Crippen molar-refractivity contribution in [2.45, 2.75) is 29.9 Å². The highest BCUT2D eigenvalue weighted by atomic mass is 35.5. The van der Waals surface area contributed by atoms with E-state index >= 15 is 0 Å². The summed E-state index contributed by atoms with van der Waals surface area (Å²) in [5.41, 5.74) is 0.314. The Kier molecular flexibility index (Phi) is 6.63. The molecule has 7 heteroatoms. The van der Waals surface area contributed by atoms with Crippen molar-refractivity contribution >= 4 is 35.2 Å². The van der Waals surface area contributed by atoms with Gasteiger partial charge in [-0.05, 0) is 50.2 Å². The molecule has 1 amide bonds. The first-order valence-corrected chi connectivity index (χ1v) is 8.57. The number of pyridine rings is 1. The van der Waals surface area contributed by atoms with Crippen LogP contribution in [0.5, 0.6) is 0 Å². The Morgan fingerprint density at radius 2 is 2.00 bits per heavy atom. The molecule has 126 valence electrons. The molecule has 0 radical (unpaired) electrons. The molecule has 2 aromatic rings. The van der Waals surface area contributed by atoms with E-state index in [1.165, 1.54) is 18.7 Å². The average molecular weight is 365 g/mol. The van der Waals surface area contributed by atoms with Crippen LogP contribution in [0.15, 0.2) is 52.5 Å². The zero-order valence-corrected chi connectivity index (χ0v) is 14.9. The molecule has 1 atom stereocenters. The maximum Gasteiger partial charge on any atom is 0.341 e. The van der Waals surface area contributed by atoms with Crippen molar-refractivity contribution in [3.8, 4) is 0 Å². The predicted octanol–water partition coefficient (Wildman–Crippen LogP) is 3.57. The molecule has 1 aromatic carbocycles. The summed E-state index contributed by atoms with van der Waals surface area (Å²) in [6.45, 7) is 3.81. The first-order chi connectivity index (χ1) is 11.5. The Balaban J connectivity index is 2.14. The maximum absolute atomic E-state index is 12.4. The summed E-state index contributed by atoms with van der Waals surface area (Å²) in [5, 5.41) is 3.75. The third-order valence-corrected chi connectivity index (χ3v) is 4.30. The summed E-state index contributed by atoms with van der Waals surface area (Å²) in [4.78, 5) is 29.2. The summed E-state index contributed by atoms with van der Waals surface area (Å²) in [6.07, 6.45) is 0.730. The lowest BCUT2D eigenvalue weighted by Crippen LogP contribution is -2.35. The second kappa shape index (κ2) is 8.70. The van der Waals surface area contributed by atoms with Crippen LogP contribution in [0.3, 0.4) is 0 Å². The minimum Gasteiger partial charge on any atom is -0.449 e. The Hall–Kier alpha value is -2.05. The van der Waals surface area contributed by atoms with Gasteiger partial charge >= 0.3 is 5.97 Å². The van der Waals surface area contributed by atoms with E-state index in [-0.39, 0.29) is 5.91 Å². The topological polar surface area (TPSA) is 68.3 Å². The molecule has 1 aromatic heterocycles. The highest BCUT2D eigenvalue weighted by molar-refractivity contribution is 7.99. The highest BCUT2D eigenvalue weighted by Gasteiger charge is 2.21. The Labute approximate surface area is 149 Å². The normalized spacial score (nSPS) is 11.6. The second-order valence-electron chi connectivity index (χ2n) is 4.85. The van der Waals surface area contributed by atoms with Crippen LogP contribution in [0.1, 0.15) is 24.2 Å². The monoisotopic (exact) mass is 364 g/mol. The van der Waals surface area contributed by atoms with Gasteiger partial charge in [0.15, 0.2) is 6.10 Å². The van der Waals surface area contributed by atoms with E-state index < -0.39 is 12.1 Å². The molecule has 0 aliphatic rings. The van der Waals surface area contributed by atoms with Crippen LogP contribution in [-0.4, -0.2) is 29.5 Å². The summed E-state index contributed by atoms with van der Waals surface area (Å²) >= 11 is 7.20. The maximum atomic E-state index is 12.4. The van der Waals surface area contributed by atoms with Crippen molar-refractivity contribution in [1.82, 2.24) is 10.3 Å². The molecule has 0 bridgehead atoms. The number of carbonyl (C=O) groups excluding carboxylic acids is 2. The van der Waals surface area contributed by atoms with Crippen LogP contribution in [-0.2, 0) is 9.53 Å². The van der Waals surface area contributed by atoms with E-state index in [0.717, 1.165) is 4.90 Å². The Morgan fingerprint density at radius 3 is 2.67 bits per heavy atom. The lowest BCUT2D eigenvalue weighted by atomic mass is 10.3. The smallest absolute Gasteiger partial charge is 0.341 e. The Morgan fingerprint density at radius 1 is 1.29 bits per heavy atom. The Bertz CT molecular complexity index is 722. The number of benzene rings is 1. The fraction of sp³-hybridized carbons (Fsp3) is 0.235. The van der Waals surface area contributed by atoms with E-state index in [1.54, 1.807) is 37.4 Å². The van der Waals surface area contributed by atoms with Crippen molar-refractivity contribution in [3.63, 3.8) is 0 Å². The van der Waals surface area contributed by atoms with Crippen LogP contribution >= 0.6 is 23.4 Å². The van der Waals surface area contributed by atoms with Crippen LogP contribution in [0.4, 0.5) is 0 Å². The van der Waals surface area contributed by atoms with E-state index in [2.05, 4.69) is 10.3 Å². The summed E-state index contributed by atoms with van der Waals surface area (Å²) in [5.74, 6) is -0.917. The van der Waals surface area contributed by atoms with E-state index in [0.29, 0.717) is 22.2 Å². The number of rotatable bonds is 6. The van der Waals surface area contributed by atoms with E-state index in [1.807, 2.05) is 12.1 Å².